The first-order valence-electron chi connectivity index (χ1n) is 6.08. The highest BCUT2D eigenvalue weighted by molar-refractivity contribution is 14.1. The van der Waals surface area contributed by atoms with Crippen molar-refractivity contribution >= 4 is 33.9 Å². The molecule has 3 rings (SSSR count). The highest BCUT2D eigenvalue weighted by Gasteiger charge is 2.22. The van der Waals surface area contributed by atoms with Gasteiger partial charge in [0.25, 0.3) is 0 Å². The number of nitrogens with one attached hydrogen (secondary N) is 1. The molecule has 1 N–H and O–H groups in total. The Labute approximate surface area is 124 Å². The molecular formula is C12H15IN4S. The molecule has 0 saturated carbocycles. The van der Waals surface area contributed by atoms with E-state index in [1.807, 2.05) is 18.4 Å². The van der Waals surface area contributed by atoms with Crippen molar-refractivity contribution in [2.45, 2.75) is 31.8 Å². The smallest absolute Gasteiger partial charge is 0.164 e. The van der Waals surface area contributed by atoms with Crippen molar-refractivity contribution < 1.29 is 0 Å². The lowest BCUT2D eigenvalue weighted by Crippen LogP contribution is -2.24. The van der Waals surface area contributed by atoms with Crippen LogP contribution in [0.2, 0.25) is 0 Å². The summed E-state index contributed by atoms with van der Waals surface area (Å²) in [6.45, 7) is 0.747. The van der Waals surface area contributed by atoms with Gasteiger partial charge in [-0.25, -0.2) is 4.98 Å². The first-order valence-corrected chi connectivity index (χ1v) is 7.98. The molecule has 1 aliphatic rings. The van der Waals surface area contributed by atoms with E-state index in [1.165, 1.54) is 27.7 Å². The van der Waals surface area contributed by atoms with Crippen molar-refractivity contribution in [1.82, 2.24) is 20.1 Å². The van der Waals surface area contributed by atoms with Gasteiger partial charge in [0.2, 0.25) is 0 Å². The van der Waals surface area contributed by atoms with Crippen LogP contribution in [-0.4, -0.2) is 14.8 Å². The average molecular weight is 374 g/mol. The number of thiophene rings is 1. The van der Waals surface area contributed by atoms with Crippen molar-refractivity contribution in [1.29, 1.82) is 0 Å². The van der Waals surface area contributed by atoms with Crippen LogP contribution in [-0.2, 0) is 20.0 Å². The first-order chi connectivity index (χ1) is 8.72. The fraction of sp³-hybridized carbons (Fsp3) is 0.500. The van der Waals surface area contributed by atoms with E-state index in [2.05, 4.69) is 44.1 Å². The van der Waals surface area contributed by atoms with Crippen molar-refractivity contribution in [3.8, 4) is 0 Å². The van der Waals surface area contributed by atoms with Gasteiger partial charge in [-0.3, -0.25) is 4.68 Å². The van der Waals surface area contributed by atoms with Crippen molar-refractivity contribution in [3.63, 3.8) is 0 Å². The maximum atomic E-state index is 4.30. The van der Waals surface area contributed by atoms with Gasteiger partial charge in [-0.1, -0.05) is 0 Å². The Balaban J connectivity index is 1.70. The van der Waals surface area contributed by atoms with Gasteiger partial charge in [0.05, 0.1) is 9.43 Å². The fourth-order valence-corrected chi connectivity index (χ4v) is 4.53. The van der Waals surface area contributed by atoms with Gasteiger partial charge in [-0.2, -0.15) is 5.10 Å². The van der Waals surface area contributed by atoms with Gasteiger partial charge < -0.3 is 5.32 Å². The van der Waals surface area contributed by atoms with Crippen LogP contribution in [0.1, 0.15) is 35.1 Å². The summed E-state index contributed by atoms with van der Waals surface area (Å²) in [7, 11) is 1.90. The normalized spacial score (nSPS) is 18.9. The third-order valence-corrected chi connectivity index (χ3v) is 5.21. The zero-order valence-electron chi connectivity index (χ0n) is 10.2. The highest BCUT2D eigenvalue weighted by atomic mass is 127. The second-order valence-corrected chi connectivity index (χ2v) is 7.62. The van der Waals surface area contributed by atoms with Crippen LogP contribution in [0.3, 0.4) is 0 Å². The molecule has 18 heavy (non-hydrogen) atoms. The van der Waals surface area contributed by atoms with Crippen LogP contribution in [0.25, 0.3) is 0 Å². The predicted molar refractivity (Wildman–Crippen MR) is 80.6 cm³/mol. The number of halogens is 1. The molecule has 1 aliphatic carbocycles. The molecule has 1 atom stereocenters. The molecule has 1 unspecified atom stereocenters. The van der Waals surface area contributed by atoms with Crippen LogP contribution in [0.5, 0.6) is 0 Å². The fourth-order valence-electron chi connectivity index (χ4n) is 2.41. The van der Waals surface area contributed by atoms with E-state index in [0.29, 0.717) is 6.04 Å². The van der Waals surface area contributed by atoms with Crippen LogP contribution >= 0.6 is 33.9 Å². The maximum absolute atomic E-state index is 4.30. The number of aromatic nitrogens is 3. The summed E-state index contributed by atoms with van der Waals surface area (Å²) in [6.07, 6.45) is 5.48. The van der Waals surface area contributed by atoms with Crippen molar-refractivity contribution in [2.75, 3.05) is 0 Å². The van der Waals surface area contributed by atoms with Crippen molar-refractivity contribution in [2.24, 2.45) is 7.05 Å². The topological polar surface area (TPSA) is 42.7 Å². The van der Waals surface area contributed by atoms with E-state index in [9.17, 15) is 0 Å². The minimum absolute atomic E-state index is 0.470. The maximum Gasteiger partial charge on any atom is 0.164 e. The Hall–Kier alpha value is -0.470. The van der Waals surface area contributed by atoms with Crippen molar-refractivity contribution in [3.05, 3.63) is 31.5 Å². The summed E-state index contributed by atoms with van der Waals surface area (Å²) in [6, 6.07) is 2.79. The van der Waals surface area contributed by atoms with Crippen LogP contribution in [0.15, 0.2) is 12.4 Å². The van der Waals surface area contributed by atoms with Gasteiger partial charge in [0.15, 0.2) is 5.82 Å². The lowest BCUT2D eigenvalue weighted by Gasteiger charge is -2.23. The number of rotatable bonds is 3. The highest BCUT2D eigenvalue weighted by Crippen LogP contribution is 2.36. The van der Waals surface area contributed by atoms with E-state index in [1.54, 1.807) is 15.9 Å². The molecule has 0 spiro atoms. The summed E-state index contributed by atoms with van der Waals surface area (Å²) in [5, 5.41) is 7.89. The van der Waals surface area contributed by atoms with Gasteiger partial charge in [-0.15, -0.1) is 11.3 Å². The SMILES string of the molecule is Cn1cnc(CNC2CCCc3sc(I)cc32)n1. The molecule has 4 nitrogen and oxygen atoms in total. The summed E-state index contributed by atoms with van der Waals surface area (Å²) in [4.78, 5) is 5.80. The van der Waals surface area contributed by atoms with E-state index < -0.39 is 0 Å². The van der Waals surface area contributed by atoms with E-state index >= 15 is 0 Å². The van der Waals surface area contributed by atoms with Gasteiger partial charge in [0.1, 0.15) is 6.33 Å². The summed E-state index contributed by atoms with van der Waals surface area (Å²) < 4.78 is 3.14. The molecule has 96 valence electrons. The quantitative estimate of drug-likeness (QED) is 0.841. The lowest BCUT2D eigenvalue weighted by atomic mass is 9.94. The standard InChI is InChI=1S/C12H15IN4S/c1-17-7-15-12(16-17)6-14-9-3-2-4-10-8(9)5-11(13)18-10/h5,7,9,14H,2-4,6H2,1H3. The number of aryl methyl sites for hydroxylation is 2. The molecule has 6 heteroatoms. The average Bonchev–Trinajstić information content (AvgIpc) is 2.91. The summed E-state index contributed by atoms with van der Waals surface area (Å²) >= 11 is 4.35. The third kappa shape index (κ3) is 2.60. The largest absolute Gasteiger partial charge is 0.303 e. The molecule has 0 saturated heterocycles. The molecule has 2 heterocycles. The van der Waals surface area contributed by atoms with Crippen LogP contribution in [0.4, 0.5) is 0 Å². The molecular weight excluding hydrogens is 359 g/mol. The molecule has 2 aromatic rings. The first kappa shape index (κ1) is 12.6. The zero-order chi connectivity index (χ0) is 12.5. The van der Waals surface area contributed by atoms with E-state index in [-0.39, 0.29) is 0 Å². The Morgan fingerprint density at radius 3 is 3.28 bits per heavy atom. The monoisotopic (exact) mass is 374 g/mol. The number of fused-ring (bicyclic) bond motifs is 1. The van der Waals surface area contributed by atoms with Gasteiger partial charge >= 0.3 is 0 Å². The van der Waals surface area contributed by atoms with Crippen LogP contribution in [0, 0.1) is 2.88 Å². The molecule has 0 bridgehead atoms. The molecule has 0 radical (unpaired) electrons. The minimum Gasteiger partial charge on any atom is -0.303 e. The lowest BCUT2D eigenvalue weighted by molar-refractivity contribution is 0.456. The summed E-state index contributed by atoms with van der Waals surface area (Å²) in [5.41, 5.74) is 1.49. The van der Waals surface area contributed by atoms with E-state index in [4.69, 9.17) is 0 Å². The Bertz CT molecular complexity index is 548. The molecule has 0 aliphatic heterocycles. The molecule has 0 amide bonds. The Morgan fingerprint density at radius 2 is 2.50 bits per heavy atom. The third-order valence-electron chi connectivity index (χ3n) is 3.24. The number of hydrogen-bond donors (Lipinski definition) is 1. The molecule has 0 fully saturated rings. The molecule has 2 aromatic heterocycles. The van der Waals surface area contributed by atoms with Crippen LogP contribution < -0.4 is 5.32 Å². The van der Waals surface area contributed by atoms with E-state index in [0.717, 1.165) is 12.4 Å². The second-order valence-electron chi connectivity index (χ2n) is 4.59. The van der Waals surface area contributed by atoms with Gasteiger partial charge in [-0.05, 0) is 53.5 Å². The number of nitrogens with zero attached hydrogens (tertiary/aromatic N) is 3. The Kier molecular flexibility index (Phi) is 3.67. The molecule has 0 aromatic carbocycles. The minimum atomic E-state index is 0.470. The number of hydrogen-bond acceptors (Lipinski definition) is 4. The summed E-state index contributed by atoms with van der Waals surface area (Å²) in [5.74, 6) is 0.870. The second kappa shape index (κ2) is 5.26. The Morgan fingerprint density at radius 1 is 1.61 bits per heavy atom. The van der Waals surface area contributed by atoms with Gasteiger partial charge in [0, 0.05) is 18.0 Å². The predicted octanol–water partition coefficient (Wildman–Crippen LogP) is 2.65. The zero-order valence-corrected chi connectivity index (χ0v) is 13.2.